The van der Waals surface area contributed by atoms with Gasteiger partial charge in [0.1, 0.15) is 11.4 Å². The minimum Gasteiger partial charge on any atom is -0.495 e. The standard InChI is InChI=1S/C16H14N2O2S2/c1-10-7-8-11(22-10)9-12-15(19)18(16(21)17-12)13-5-3-4-6-14(13)20-2/h3-9H,1-2H3,(H,17,21)/b12-9+. The topological polar surface area (TPSA) is 41.6 Å². The number of thiocarbonyl (C=S) groups is 1. The predicted octanol–water partition coefficient (Wildman–Crippen LogP) is 3.33. The number of nitrogens with zero attached hydrogens (tertiary/aromatic N) is 1. The number of amides is 1. The molecule has 2 heterocycles. The molecule has 0 radical (unpaired) electrons. The van der Waals surface area contributed by atoms with E-state index in [-0.39, 0.29) is 5.91 Å². The number of carbonyl (C=O) groups is 1. The van der Waals surface area contributed by atoms with Crippen LogP contribution in [0.5, 0.6) is 5.75 Å². The maximum atomic E-state index is 12.7. The van der Waals surface area contributed by atoms with Crippen molar-refractivity contribution in [2.45, 2.75) is 6.92 Å². The van der Waals surface area contributed by atoms with Crippen LogP contribution in [-0.2, 0) is 4.79 Å². The molecule has 2 aromatic rings. The number of nitrogens with one attached hydrogen (secondary N) is 1. The molecule has 22 heavy (non-hydrogen) atoms. The third-order valence-electron chi connectivity index (χ3n) is 3.25. The molecular weight excluding hydrogens is 316 g/mol. The Kier molecular flexibility index (Phi) is 3.96. The van der Waals surface area contributed by atoms with Crippen LogP contribution in [0.3, 0.4) is 0 Å². The Labute approximate surface area is 138 Å². The Morgan fingerprint density at radius 2 is 2.05 bits per heavy atom. The first-order chi connectivity index (χ1) is 10.6. The van der Waals surface area contributed by atoms with E-state index in [0.717, 1.165) is 4.88 Å². The molecular formula is C16H14N2O2S2. The molecule has 1 amide bonds. The molecule has 1 aromatic heterocycles. The molecule has 6 heteroatoms. The van der Waals surface area contributed by atoms with Crippen molar-refractivity contribution < 1.29 is 9.53 Å². The van der Waals surface area contributed by atoms with Crippen molar-refractivity contribution in [3.05, 3.63) is 51.8 Å². The summed E-state index contributed by atoms with van der Waals surface area (Å²) in [6.07, 6.45) is 1.82. The average molecular weight is 330 g/mol. The lowest BCUT2D eigenvalue weighted by Gasteiger charge is -2.17. The molecule has 0 saturated carbocycles. The van der Waals surface area contributed by atoms with Gasteiger partial charge in [-0.1, -0.05) is 12.1 Å². The first-order valence-electron chi connectivity index (χ1n) is 6.67. The van der Waals surface area contributed by atoms with E-state index in [4.69, 9.17) is 17.0 Å². The minimum atomic E-state index is -0.180. The van der Waals surface area contributed by atoms with Crippen LogP contribution in [0.2, 0.25) is 0 Å². The Morgan fingerprint density at radius 1 is 1.27 bits per heavy atom. The monoisotopic (exact) mass is 330 g/mol. The maximum absolute atomic E-state index is 12.7. The van der Waals surface area contributed by atoms with Gasteiger partial charge in [-0.05, 0) is 49.5 Å². The molecule has 1 saturated heterocycles. The highest BCUT2D eigenvalue weighted by molar-refractivity contribution is 7.80. The van der Waals surface area contributed by atoms with Gasteiger partial charge in [0.2, 0.25) is 0 Å². The maximum Gasteiger partial charge on any atom is 0.281 e. The van der Waals surface area contributed by atoms with E-state index >= 15 is 0 Å². The molecule has 112 valence electrons. The van der Waals surface area contributed by atoms with Crippen molar-refractivity contribution in [2.24, 2.45) is 0 Å². The summed E-state index contributed by atoms with van der Waals surface area (Å²) in [6.45, 7) is 2.03. The van der Waals surface area contributed by atoms with Crippen LogP contribution in [0.25, 0.3) is 6.08 Å². The Balaban J connectivity index is 1.97. The first kappa shape index (κ1) is 14.7. The van der Waals surface area contributed by atoms with Gasteiger partial charge in [0.15, 0.2) is 5.11 Å². The zero-order valence-corrected chi connectivity index (χ0v) is 13.8. The molecule has 1 aromatic carbocycles. The molecule has 0 spiro atoms. The van der Waals surface area contributed by atoms with E-state index in [0.29, 0.717) is 22.2 Å². The summed E-state index contributed by atoms with van der Waals surface area (Å²) in [7, 11) is 1.57. The molecule has 1 fully saturated rings. The smallest absolute Gasteiger partial charge is 0.281 e. The summed E-state index contributed by atoms with van der Waals surface area (Å²) >= 11 is 6.93. The molecule has 1 aliphatic rings. The molecule has 4 nitrogen and oxygen atoms in total. The third-order valence-corrected chi connectivity index (χ3v) is 4.48. The van der Waals surface area contributed by atoms with Crippen LogP contribution in [0.15, 0.2) is 42.1 Å². The lowest BCUT2D eigenvalue weighted by atomic mass is 10.2. The quantitative estimate of drug-likeness (QED) is 0.692. The number of hydrogen-bond acceptors (Lipinski definition) is 4. The summed E-state index contributed by atoms with van der Waals surface area (Å²) < 4.78 is 5.31. The summed E-state index contributed by atoms with van der Waals surface area (Å²) in [5.74, 6) is 0.425. The number of aryl methyl sites for hydroxylation is 1. The fourth-order valence-electron chi connectivity index (χ4n) is 2.24. The summed E-state index contributed by atoms with van der Waals surface area (Å²) in [4.78, 5) is 16.3. The van der Waals surface area contributed by atoms with E-state index in [1.807, 2.05) is 43.3 Å². The molecule has 0 atom stereocenters. The highest BCUT2D eigenvalue weighted by Crippen LogP contribution is 2.31. The molecule has 0 unspecified atom stereocenters. The summed E-state index contributed by atoms with van der Waals surface area (Å²) in [5, 5.41) is 3.34. The summed E-state index contributed by atoms with van der Waals surface area (Å²) in [6, 6.07) is 11.3. The second-order valence-corrected chi connectivity index (χ2v) is 6.46. The number of methoxy groups -OCH3 is 1. The van der Waals surface area contributed by atoms with Crippen LogP contribution < -0.4 is 15.0 Å². The average Bonchev–Trinajstić information content (AvgIpc) is 3.03. The summed E-state index contributed by atoms with van der Waals surface area (Å²) in [5.41, 5.74) is 1.11. The van der Waals surface area contributed by atoms with E-state index in [1.165, 1.54) is 9.78 Å². The SMILES string of the molecule is COc1ccccc1N1C(=O)/C(=C\c2ccc(C)s2)NC1=S. The van der Waals surface area contributed by atoms with Crippen molar-refractivity contribution in [2.75, 3.05) is 12.0 Å². The first-order valence-corrected chi connectivity index (χ1v) is 7.89. The number of anilines is 1. The van der Waals surface area contributed by atoms with Crippen LogP contribution in [0.1, 0.15) is 9.75 Å². The van der Waals surface area contributed by atoms with Gasteiger partial charge in [-0.3, -0.25) is 4.79 Å². The lowest BCUT2D eigenvalue weighted by Crippen LogP contribution is -2.30. The third kappa shape index (κ3) is 2.63. The Morgan fingerprint density at radius 3 is 2.73 bits per heavy atom. The van der Waals surface area contributed by atoms with Crippen molar-refractivity contribution in [3.63, 3.8) is 0 Å². The van der Waals surface area contributed by atoms with Crippen LogP contribution in [0.4, 0.5) is 5.69 Å². The van der Waals surface area contributed by atoms with Gasteiger partial charge in [-0.15, -0.1) is 11.3 Å². The second-order valence-electron chi connectivity index (χ2n) is 4.75. The van der Waals surface area contributed by atoms with Crippen LogP contribution >= 0.6 is 23.6 Å². The van der Waals surface area contributed by atoms with E-state index in [2.05, 4.69) is 5.32 Å². The van der Waals surface area contributed by atoms with Gasteiger partial charge >= 0.3 is 0 Å². The predicted molar refractivity (Wildman–Crippen MR) is 93.2 cm³/mol. The molecule has 0 bridgehead atoms. The highest BCUT2D eigenvalue weighted by atomic mass is 32.1. The van der Waals surface area contributed by atoms with E-state index in [9.17, 15) is 4.79 Å². The number of rotatable bonds is 3. The van der Waals surface area contributed by atoms with Gasteiger partial charge in [0.05, 0.1) is 12.8 Å². The molecule has 1 N–H and O–H groups in total. The van der Waals surface area contributed by atoms with Crippen molar-refractivity contribution in [1.29, 1.82) is 0 Å². The second kappa shape index (κ2) is 5.90. The minimum absolute atomic E-state index is 0.180. The number of benzene rings is 1. The van der Waals surface area contributed by atoms with Gasteiger partial charge in [0, 0.05) is 9.75 Å². The van der Waals surface area contributed by atoms with E-state index < -0.39 is 0 Å². The van der Waals surface area contributed by atoms with Crippen molar-refractivity contribution in [1.82, 2.24) is 5.32 Å². The number of ether oxygens (including phenoxy) is 1. The van der Waals surface area contributed by atoms with Gasteiger partial charge in [-0.25, -0.2) is 4.90 Å². The fourth-order valence-corrected chi connectivity index (χ4v) is 3.35. The van der Waals surface area contributed by atoms with Gasteiger partial charge < -0.3 is 10.1 Å². The van der Waals surface area contributed by atoms with Crippen LogP contribution in [-0.4, -0.2) is 18.1 Å². The Hall–Kier alpha value is -2.18. The molecule has 0 aliphatic carbocycles. The zero-order valence-electron chi connectivity index (χ0n) is 12.1. The number of para-hydroxylation sites is 2. The fraction of sp³-hybridized carbons (Fsp3) is 0.125. The van der Waals surface area contributed by atoms with E-state index in [1.54, 1.807) is 24.5 Å². The number of hydrogen-bond donors (Lipinski definition) is 1. The number of thiophene rings is 1. The van der Waals surface area contributed by atoms with Crippen molar-refractivity contribution >= 4 is 46.3 Å². The highest BCUT2D eigenvalue weighted by Gasteiger charge is 2.33. The molecule has 1 aliphatic heterocycles. The largest absolute Gasteiger partial charge is 0.495 e. The zero-order chi connectivity index (χ0) is 15.7. The van der Waals surface area contributed by atoms with Crippen molar-refractivity contribution in [3.8, 4) is 5.75 Å². The van der Waals surface area contributed by atoms with Gasteiger partial charge in [-0.2, -0.15) is 0 Å². The number of carbonyl (C=O) groups excluding carboxylic acids is 1. The normalized spacial score (nSPS) is 16.3. The van der Waals surface area contributed by atoms with Crippen LogP contribution in [0, 0.1) is 6.92 Å². The van der Waals surface area contributed by atoms with Gasteiger partial charge in [0.25, 0.3) is 5.91 Å². The Bertz CT molecular complexity index is 780. The lowest BCUT2D eigenvalue weighted by molar-refractivity contribution is -0.113. The molecule has 3 rings (SSSR count).